The SMILES string of the molecule is COCCc1ccccc1NC(=O)c1c(N)n[nH]c1C. The molecular weight excluding hydrogens is 256 g/mol. The topological polar surface area (TPSA) is 93.0 Å². The second-order valence-electron chi connectivity index (χ2n) is 4.46. The maximum atomic E-state index is 12.3. The Morgan fingerprint density at radius 1 is 1.45 bits per heavy atom. The molecule has 0 radical (unpaired) electrons. The summed E-state index contributed by atoms with van der Waals surface area (Å²) >= 11 is 0. The molecule has 2 aromatic rings. The Kier molecular flexibility index (Phi) is 4.37. The molecule has 0 fully saturated rings. The van der Waals surface area contributed by atoms with Gasteiger partial charge in [-0.25, -0.2) is 0 Å². The molecule has 2 rings (SSSR count). The van der Waals surface area contributed by atoms with Crippen molar-refractivity contribution >= 4 is 17.4 Å². The van der Waals surface area contributed by atoms with Crippen molar-refractivity contribution in [2.45, 2.75) is 13.3 Å². The van der Waals surface area contributed by atoms with E-state index < -0.39 is 0 Å². The first-order valence-corrected chi connectivity index (χ1v) is 6.32. The number of para-hydroxylation sites is 1. The number of aromatic nitrogens is 2. The molecule has 0 aliphatic rings. The number of aryl methyl sites for hydroxylation is 1. The third-order valence-corrected chi connectivity index (χ3v) is 3.04. The van der Waals surface area contributed by atoms with Gasteiger partial charge in [0.1, 0.15) is 5.56 Å². The minimum Gasteiger partial charge on any atom is -0.384 e. The van der Waals surface area contributed by atoms with Crippen molar-refractivity contribution < 1.29 is 9.53 Å². The van der Waals surface area contributed by atoms with Gasteiger partial charge < -0.3 is 15.8 Å². The number of carbonyl (C=O) groups excluding carboxylic acids is 1. The van der Waals surface area contributed by atoms with Crippen LogP contribution in [0.25, 0.3) is 0 Å². The maximum Gasteiger partial charge on any atom is 0.261 e. The molecule has 1 heterocycles. The van der Waals surface area contributed by atoms with Crippen molar-refractivity contribution in [2.75, 3.05) is 24.8 Å². The normalized spacial score (nSPS) is 10.5. The zero-order valence-electron chi connectivity index (χ0n) is 11.6. The molecule has 0 aliphatic heterocycles. The summed E-state index contributed by atoms with van der Waals surface area (Å²) in [4.78, 5) is 12.3. The number of methoxy groups -OCH3 is 1. The number of benzene rings is 1. The van der Waals surface area contributed by atoms with Crippen molar-refractivity contribution in [3.8, 4) is 0 Å². The summed E-state index contributed by atoms with van der Waals surface area (Å²) in [5.74, 6) is -0.0620. The summed E-state index contributed by atoms with van der Waals surface area (Å²) in [6.45, 7) is 2.36. The van der Waals surface area contributed by atoms with Gasteiger partial charge in [-0.1, -0.05) is 18.2 Å². The Morgan fingerprint density at radius 3 is 2.85 bits per heavy atom. The molecule has 1 amide bonds. The monoisotopic (exact) mass is 274 g/mol. The van der Waals surface area contributed by atoms with E-state index in [1.165, 1.54) is 0 Å². The molecule has 6 nitrogen and oxygen atoms in total. The second kappa shape index (κ2) is 6.21. The first-order chi connectivity index (χ1) is 9.63. The van der Waals surface area contributed by atoms with Crippen molar-refractivity contribution in [1.82, 2.24) is 10.2 Å². The van der Waals surface area contributed by atoms with E-state index in [2.05, 4.69) is 15.5 Å². The summed E-state index contributed by atoms with van der Waals surface area (Å²) < 4.78 is 5.07. The van der Waals surface area contributed by atoms with Crippen molar-refractivity contribution in [3.63, 3.8) is 0 Å². The highest BCUT2D eigenvalue weighted by Gasteiger charge is 2.17. The number of rotatable bonds is 5. The molecular formula is C14H18N4O2. The number of H-pyrrole nitrogens is 1. The highest BCUT2D eigenvalue weighted by molar-refractivity contribution is 6.08. The van der Waals surface area contributed by atoms with E-state index in [1.807, 2.05) is 24.3 Å². The molecule has 1 aromatic carbocycles. The quantitative estimate of drug-likeness (QED) is 0.774. The van der Waals surface area contributed by atoms with E-state index in [0.717, 1.165) is 17.7 Å². The minimum atomic E-state index is -0.265. The van der Waals surface area contributed by atoms with Crippen molar-refractivity contribution in [1.29, 1.82) is 0 Å². The fourth-order valence-electron chi connectivity index (χ4n) is 1.99. The second-order valence-corrected chi connectivity index (χ2v) is 4.46. The van der Waals surface area contributed by atoms with Gasteiger partial charge in [-0.2, -0.15) is 5.10 Å². The molecule has 0 bridgehead atoms. The van der Waals surface area contributed by atoms with E-state index in [4.69, 9.17) is 10.5 Å². The largest absolute Gasteiger partial charge is 0.384 e. The lowest BCUT2D eigenvalue weighted by molar-refractivity contribution is 0.102. The molecule has 20 heavy (non-hydrogen) atoms. The number of ether oxygens (including phenoxy) is 1. The van der Waals surface area contributed by atoms with E-state index in [0.29, 0.717) is 17.9 Å². The molecule has 0 unspecified atom stereocenters. The number of aromatic amines is 1. The van der Waals surface area contributed by atoms with Gasteiger partial charge in [0.15, 0.2) is 5.82 Å². The predicted octanol–water partition coefficient (Wildman–Crippen LogP) is 1.74. The molecule has 6 heteroatoms. The summed E-state index contributed by atoms with van der Waals surface area (Å²) in [7, 11) is 1.65. The minimum absolute atomic E-state index is 0.203. The van der Waals surface area contributed by atoms with E-state index in [-0.39, 0.29) is 11.7 Å². The number of amides is 1. The standard InChI is InChI=1S/C14H18N4O2/c1-9-12(13(15)18-17-9)14(19)16-11-6-4-3-5-10(11)7-8-20-2/h3-6H,7-8H2,1-2H3,(H,16,19)(H3,15,17,18). The summed E-state index contributed by atoms with van der Waals surface area (Å²) in [6.07, 6.45) is 0.729. The number of nitrogens with one attached hydrogen (secondary N) is 2. The summed E-state index contributed by atoms with van der Waals surface area (Å²) in [5, 5.41) is 9.39. The Bertz CT molecular complexity index is 587. The lowest BCUT2D eigenvalue weighted by Crippen LogP contribution is -2.15. The van der Waals surface area contributed by atoms with Crippen LogP contribution in [-0.2, 0) is 11.2 Å². The summed E-state index contributed by atoms with van der Waals surface area (Å²) in [6, 6.07) is 7.62. The van der Waals surface area contributed by atoms with Crippen LogP contribution in [0.15, 0.2) is 24.3 Å². The van der Waals surface area contributed by atoms with Gasteiger partial charge in [0.2, 0.25) is 0 Å². The Labute approximate surface area is 117 Å². The first kappa shape index (κ1) is 14.1. The van der Waals surface area contributed by atoms with Crippen LogP contribution in [0.2, 0.25) is 0 Å². The van der Waals surface area contributed by atoms with Crippen LogP contribution >= 0.6 is 0 Å². The summed E-state index contributed by atoms with van der Waals surface area (Å²) in [5.41, 5.74) is 8.49. The molecule has 0 saturated carbocycles. The molecule has 0 saturated heterocycles. The Hall–Kier alpha value is -2.34. The average Bonchev–Trinajstić information content (AvgIpc) is 2.77. The number of hydrogen-bond donors (Lipinski definition) is 3. The van der Waals surface area contributed by atoms with E-state index in [9.17, 15) is 4.79 Å². The van der Waals surface area contributed by atoms with Gasteiger partial charge >= 0.3 is 0 Å². The molecule has 0 spiro atoms. The molecule has 106 valence electrons. The van der Waals surface area contributed by atoms with Crippen LogP contribution in [0, 0.1) is 6.92 Å². The van der Waals surface area contributed by atoms with Crippen molar-refractivity contribution in [2.24, 2.45) is 0 Å². The average molecular weight is 274 g/mol. The van der Waals surface area contributed by atoms with Gasteiger partial charge in [-0.15, -0.1) is 0 Å². The smallest absolute Gasteiger partial charge is 0.261 e. The van der Waals surface area contributed by atoms with Crippen LogP contribution < -0.4 is 11.1 Å². The lowest BCUT2D eigenvalue weighted by atomic mass is 10.1. The fourth-order valence-corrected chi connectivity index (χ4v) is 1.99. The lowest BCUT2D eigenvalue weighted by Gasteiger charge is -2.10. The van der Waals surface area contributed by atoms with Gasteiger partial charge in [0.05, 0.1) is 6.61 Å². The highest BCUT2D eigenvalue weighted by Crippen LogP contribution is 2.19. The van der Waals surface area contributed by atoms with Gasteiger partial charge in [-0.05, 0) is 25.0 Å². The molecule has 1 aromatic heterocycles. The molecule has 0 aliphatic carbocycles. The Balaban J connectivity index is 2.20. The van der Waals surface area contributed by atoms with Crippen LogP contribution in [0.1, 0.15) is 21.6 Å². The number of hydrogen-bond acceptors (Lipinski definition) is 4. The van der Waals surface area contributed by atoms with Crippen LogP contribution in [0.5, 0.6) is 0 Å². The zero-order chi connectivity index (χ0) is 14.5. The number of nitrogen functional groups attached to an aromatic ring is 1. The zero-order valence-corrected chi connectivity index (χ0v) is 11.6. The van der Waals surface area contributed by atoms with Crippen LogP contribution in [-0.4, -0.2) is 29.8 Å². The number of anilines is 2. The number of nitrogens with zero attached hydrogens (tertiary/aromatic N) is 1. The third kappa shape index (κ3) is 2.97. The Morgan fingerprint density at radius 2 is 2.20 bits per heavy atom. The maximum absolute atomic E-state index is 12.3. The third-order valence-electron chi connectivity index (χ3n) is 3.04. The molecule has 4 N–H and O–H groups in total. The van der Waals surface area contributed by atoms with E-state index in [1.54, 1.807) is 14.0 Å². The fraction of sp³-hybridized carbons (Fsp3) is 0.286. The first-order valence-electron chi connectivity index (χ1n) is 6.32. The van der Waals surface area contributed by atoms with Gasteiger partial charge in [-0.3, -0.25) is 9.89 Å². The van der Waals surface area contributed by atoms with Crippen LogP contribution in [0.4, 0.5) is 11.5 Å². The van der Waals surface area contributed by atoms with Crippen molar-refractivity contribution in [3.05, 3.63) is 41.1 Å². The van der Waals surface area contributed by atoms with Crippen LogP contribution in [0.3, 0.4) is 0 Å². The van der Waals surface area contributed by atoms with E-state index >= 15 is 0 Å². The van der Waals surface area contributed by atoms with Gasteiger partial charge in [0.25, 0.3) is 5.91 Å². The number of nitrogens with two attached hydrogens (primary N) is 1. The van der Waals surface area contributed by atoms with Gasteiger partial charge in [0, 0.05) is 18.5 Å². The number of carbonyl (C=O) groups is 1. The molecule has 0 atom stereocenters. The predicted molar refractivity (Wildman–Crippen MR) is 77.7 cm³/mol. The highest BCUT2D eigenvalue weighted by atomic mass is 16.5.